The summed E-state index contributed by atoms with van der Waals surface area (Å²) >= 11 is 0. The van der Waals surface area contributed by atoms with Crippen LogP contribution in [0.4, 0.5) is 0 Å². The lowest BCUT2D eigenvalue weighted by atomic mass is 9.82. The number of nitrogens with zero attached hydrogens (tertiary/aromatic N) is 1. The van der Waals surface area contributed by atoms with E-state index in [0.717, 1.165) is 25.0 Å². The third-order valence-electron chi connectivity index (χ3n) is 4.10. The van der Waals surface area contributed by atoms with E-state index in [2.05, 4.69) is 17.2 Å². The molecule has 0 saturated heterocycles. The number of hydrogen-bond donors (Lipinski definition) is 1. The van der Waals surface area contributed by atoms with Crippen LogP contribution in [0.25, 0.3) is 0 Å². The van der Waals surface area contributed by atoms with E-state index in [0.29, 0.717) is 12.5 Å². The molecule has 1 amide bonds. The topological polar surface area (TPSA) is 68.3 Å². The Labute approximate surface area is 131 Å². The van der Waals surface area contributed by atoms with Crippen molar-refractivity contribution in [1.82, 2.24) is 10.3 Å². The summed E-state index contributed by atoms with van der Waals surface area (Å²) in [7, 11) is 0. The van der Waals surface area contributed by atoms with Gasteiger partial charge < -0.3 is 10.1 Å². The van der Waals surface area contributed by atoms with Crippen LogP contribution in [0.3, 0.4) is 0 Å². The molecule has 1 aromatic rings. The van der Waals surface area contributed by atoms with Crippen LogP contribution in [0.15, 0.2) is 24.4 Å². The highest BCUT2D eigenvalue weighted by molar-refractivity contribution is 5.83. The van der Waals surface area contributed by atoms with E-state index >= 15 is 0 Å². The molecule has 1 fully saturated rings. The monoisotopic (exact) mass is 304 g/mol. The Bertz CT molecular complexity index is 504. The Kier molecular flexibility index (Phi) is 5.92. The molecule has 0 radical (unpaired) electrons. The highest BCUT2D eigenvalue weighted by atomic mass is 16.5. The summed E-state index contributed by atoms with van der Waals surface area (Å²) < 4.78 is 5.32. The standard InChI is InChI=1S/C17H24N2O3/c1-12-6-5-7-14(10-12)17(21)22-13(2)16(20)19-11-15-8-3-4-9-18-15/h3-4,8-9,12-14H,5-7,10-11H2,1-2H3,(H,19,20)/t12-,13+,14+/m1/s1. The Morgan fingerprint density at radius 1 is 1.41 bits per heavy atom. The molecule has 1 N–H and O–H groups in total. The first-order chi connectivity index (χ1) is 10.6. The fourth-order valence-electron chi connectivity index (χ4n) is 2.80. The van der Waals surface area contributed by atoms with Gasteiger partial charge in [0.1, 0.15) is 0 Å². The number of carbonyl (C=O) groups is 2. The second kappa shape index (κ2) is 7.92. The second-order valence-electron chi connectivity index (χ2n) is 6.09. The quantitative estimate of drug-likeness (QED) is 0.848. The smallest absolute Gasteiger partial charge is 0.309 e. The maximum Gasteiger partial charge on any atom is 0.309 e. The molecular weight excluding hydrogens is 280 g/mol. The van der Waals surface area contributed by atoms with Crippen molar-refractivity contribution in [3.63, 3.8) is 0 Å². The number of carbonyl (C=O) groups excluding carboxylic acids is 2. The van der Waals surface area contributed by atoms with Crippen LogP contribution in [-0.4, -0.2) is 23.0 Å². The van der Waals surface area contributed by atoms with E-state index in [1.54, 1.807) is 13.1 Å². The molecule has 0 aliphatic heterocycles. The van der Waals surface area contributed by atoms with E-state index in [1.165, 1.54) is 6.42 Å². The van der Waals surface area contributed by atoms with Crippen molar-refractivity contribution in [2.75, 3.05) is 0 Å². The van der Waals surface area contributed by atoms with Crippen LogP contribution < -0.4 is 5.32 Å². The summed E-state index contributed by atoms with van der Waals surface area (Å²) in [6.45, 7) is 4.10. The fraction of sp³-hybridized carbons (Fsp3) is 0.588. The van der Waals surface area contributed by atoms with E-state index < -0.39 is 6.10 Å². The lowest BCUT2D eigenvalue weighted by Crippen LogP contribution is -2.37. The zero-order valence-electron chi connectivity index (χ0n) is 13.2. The number of pyridine rings is 1. The SMILES string of the molecule is C[C@@H]1CCC[C@H](C(=O)O[C@@H](C)C(=O)NCc2ccccn2)C1. The molecule has 1 aromatic heterocycles. The van der Waals surface area contributed by atoms with Crippen LogP contribution in [0.1, 0.15) is 45.2 Å². The Hall–Kier alpha value is -1.91. The number of hydrogen-bond acceptors (Lipinski definition) is 4. The number of amides is 1. The van der Waals surface area contributed by atoms with Gasteiger partial charge in [0, 0.05) is 6.20 Å². The molecule has 1 aliphatic carbocycles. The van der Waals surface area contributed by atoms with Crippen LogP contribution in [-0.2, 0) is 20.9 Å². The highest BCUT2D eigenvalue weighted by Gasteiger charge is 2.28. The van der Waals surface area contributed by atoms with Crippen molar-refractivity contribution in [1.29, 1.82) is 0 Å². The number of nitrogens with one attached hydrogen (secondary N) is 1. The number of ether oxygens (including phenoxy) is 1. The number of esters is 1. The van der Waals surface area contributed by atoms with Gasteiger partial charge in [0.15, 0.2) is 6.10 Å². The number of aromatic nitrogens is 1. The normalized spacial score (nSPS) is 22.6. The molecule has 1 saturated carbocycles. The molecule has 0 spiro atoms. The number of rotatable bonds is 5. The summed E-state index contributed by atoms with van der Waals surface area (Å²) in [6, 6.07) is 5.52. The average molecular weight is 304 g/mol. The van der Waals surface area contributed by atoms with Gasteiger partial charge in [0.2, 0.25) is 0 Å². The third-order valence-corrected chi connectivity index (χ3v) is 4.10. The van der Waals surface area contributed by atoms with Gasteiger partial charge in [-0.15, -0.1) is 0 Å². The van der Waals surface area contributed by atoms with Crippen molar-refractivity contribution in [3.05, 3.63) is 30.1 Å². The van der Waals surface area contributed by atoms with E-state index in [9.17, 15) is 9.59 Å². The lowest BCUT2D eigenvalue weighted by molar-refractivity contribution is -0.160. The molecule has 0 aromatic carbocycles. The predicted molar refractivity (Wildman–Crippen MR) is 82.8 cm³/mol. The Balaban J connectivity index is 1.77. The largest absolute Gasteiger partial charge is 0.452 e. The minimum Gasteiger partial charge on any atom is -0.452 e. The van der Waals surface area contributed by atoms with Gasteiger partial charge in [0.25, 0.3) is 5.91 Å². The van der Waals surface area contributed by atoms with E-state index in [4.69, 9.17) is 4.74 Å². The average Bonchev–Trinajstić information content (AvgIpc) is 2.53. The first-order valence-corrected chi connectivity index (χ1v) is 7.94. The first kappa shape index (κ1) is 16.5. The van der Waals surface area contributed by atoms with Gasteiger partial charge in [-0.3, -0.25) is 14.6 Å². The summed E-state index contributed by atoms with van der Waals surface area (Å²) in [5, 5.41) is 2.74. The molecule has 1 aliphatic rings. The minimum absolute atomic E-state index is 0.0604. The summed E-state index contributed by atoms with van der Waals surface area (Å²) in [4.78, 5) is 28.2. The maximum absolute atomic E-state index is 12.1. The van der Waals surface area contributed by atoms with Gasteiger partial charge >= 0.3 is 5.97 Å². The zero-order valence-corrected chi connectivity index (χ0v) is 13.2. The van der Waals surface area contributed by atoms with E-state index in [1.807, 2.05) is 18.2 Å². The molecular formula is C17H24N2O3. The summed E-state index contributed by atoms with van der Waals surface area (Å²) in [5.41, 5.74) is 0.774. The van der Waals surface area contributed by atoms with Crippen molar-refractivity contribution in [3.8, 4) is 0 Å². The molecule has 22 heavy (non-hydrogen) atoms. The molecule has 5 nitrogen and oxygen atoms in total. The van der Waals surface area contributed by atoms with Crippen LogP contribution in [0.2, 0.25) is 0 Å². The van der Waals surface area contributed by atoms with Crippen LogP contribution in [0, 0.1) is 11.8 Å². The van der Waals surface area contributed by atoms with Crippen molar-refractivity contribution in [2.24, 2.45) is 11.8 Å². The van der Waals surface area contributed by atoms with Gasteiger partial charge in [0.05, 0.1) is 18.2 Å². The van der Waals surface area contributed by atoms with Crippen LogP contribution >= 0.6 is 0 Å². The fourth-order valence-corrected chi connectivity index (χ4v) is 2.80. The van der Waals surface area contributed by atoms with Gasteiger partial charge in [-0.05, 0) is 37.8 Å². The van der Waals surface area contributed by atoms with Crippen molar-refractivity contribution < 1.29 is 14.3 Å². The molecule has 3 atom stereocenters. The molecule has 2 rings (SSSR count). The molecule has 1 heterocycles. The molecule has 5 heteroatoms. The summed E-state index contributed by atoms with van der Waals surface area (Å²) in [6.07, 6.45) is 4.86. The van der Waals surface area contributed by atoms with Crippen LogP contribution in [0.5, 0.6) is 0 Å². The van der Waals surface area contributed by atoms with Gasteiger partial charge in [-0.1, -0.05) is 25.8 Å². The summed E-state index contributed by atoms with van der Waals surface area (Å²) in [5.74, 6) is -0.0377. The zero-order chi connectivity index (χ0) is 15.9. The Morgan fingerprint density at radius 2 is 2.23 bits per heavy atom. The van der Waals surface area contributed by atoms with E-state index in [-0.39, 0.29) is 17.8 Å². The van der Waals surface area contributed by atoms with Gasteiger partial charge in [-0.2, -0.15) is 0 Å². The maximum atomic E-state index is 12.1. The predicted octanol–water partition coefficient (Wildman–Crippen LogP) is 2.46. The highest BCUT2D eigenvalue weighted by Crippen LogP contribution is 2.29. The first-order valence-electron chi connectivity index (χ1n) is 7.94. The van der Waals surface area contributed by atoms with Crippen molar-refractivity contribution in [2.45, 2.75) is 52.2 Å². The van der Waals surface area contributed by atoms with Crippen molar-refractivity contribution >= 4 is 11.9 Å². The molecule has 0 bridgehead atoms. The second-order valence-corrected chi connectivity index (χ2v) is 6.09. The third kappa shape index (κ3) is 4.83. The lowest BCUT2D eigenvalue weighted by Gasteiger charge is -2.26. The Morgan fingerprint density at radius 3 is 2.91 bits per heavy atom. The van der Waals surface area contributed by atoms with Gasteiger partial charge in [-0.25, -0.2) is 0 Å². The minimum atomic E-state index is -0.770. The molecule has 0 unspecified atom stereocenters. The molecule has 120 valence electrons.